The molecule has 51 heavy (non-hydrogen) atoms. The molecular formula is C49H34N2. The zero-order valence-electron chi connectivity index (χ0n) is 28.3. The Hall–Kier alpha value is -6.64. The lowest BCUT2D eigenvalue weighted by molar-refractivity contribution is 1.37. The number of benzene rings is 8. The molecular weight excluding hydrogens is 617 g/mol. The fraction of sp³-hybridized carbons (Fsp3) is 0.0204. The van der Waals surface area contributed by atoms with Gasteiger partial charge in [0.2, 0.25) is 0 Å². The summed E-state index contributed by atoms with van der Waals surface area (Å²) in [5.74, 6) is 0. The molecule has 0 N–H and O–H groups in total. The maximum atomic E-state index is 4.65. The number of hydrogen-bond acceptors (Lipinski definition) is 2. The largest absolute Gasteiger partial charge is 0.264 e. The second kappa shape index (κ2) is 12.7. The van der Waals surface area contributed by atoms with Crippen LogP contribution in [-0.4, -0.2) is 11.7 Å². The summed E-state index contributed by atoms with van der Waals surface area (Å²) in [6.07, 6.45) is 6.06. The summed E-state index contributed by atoms with van der Waals surface area (Å²) in [7, 11) is 0. The maximum absolute atomic E-state index is 4.65. The van der Waals surface area contributed by atoms with Crippen molar-refractivity contribution in [2.24, 2.45) is 4.99 Å². The maximum Gasteiger partial charge on any atom is 0.0710 e. The molecule has 9 aromatic rings. The van der Waals surface area contributed by atoms with E-state index in [9.17, 15) is 0 Å². The molecule has 0 amide bonds. The Bertz CT molecular complexity index is 2890. The molecule has 0 aliphatic heterocycles. The van der Waals surface area contributed by atoms with Gasteiger partial charge in [0.25, 0.3) is 0 Å². The third-order valence-electron chi connectivity index (χ3n) is 10.1. The van der Waals surface area contributed by atoms with Gasteiger partial charge in [-0.25, -0.2) is 0 Å². The Morgan fingerprint density at radius 3 is 1.69 bits per heavy atom. The van der Waals surface area contributed by atoms with Gasteiger partial charge < -0.3 is 0 Å². The van der Waals surface area contributed by atoms with Crippen molar-refractivity contribution < 1.29 is 0 Å². The molecule has 1 heterocycles. The van der Waals surface area contributed by atoms with E-state index in [-0.39, 0.29) is 0 Å². The van der Waals surface area contributed by atoms with Crippen molar-refractivity contribution in [2.75, 3.05) is 0 Å². The van der Waals surface area contributed by atoms with Crippen molar-refractivity contribution in [3.8, 4) is 22.3 Å². The number of pyridine rings is 1. The number of hydrogen-bond donors (Lipinski definition) is 0. The normalized spacial score (nSPS) is 12.3. The number of aliphatic imine (C=N–C) groups is 1. The topological polar surface area (TPSA) is 25.2 Å². The fourth-order valence-electron chi connectivity index (χ4n) is 7.49. The molecule has 0 atom stereocenters. The van der Waals surface area contributed by atoms with Crippen molar-refractivity contribution >= 4 is 72.0 Å². The lowest BCUT2D eigenvalue weighted by atomic mass is 9.84. The molecule has 8 aromatic carbocycles. The van der Waals surface area contributed by atoms with Crippen LogP contribution < -0.4 is 0 Å². The van der Waals surface area contributed by atoms with Crippen LogP contribution in [0.3, 0.4) is 0 Å². The Balaban J connectivity index is 1.27. The number of fused-ring (bicyclic) bond motifs is 5. The van der Waals surface area contributed by atoms with Crippen LogP contribution in [0.1, 0.15) is 18.1 Å². The Morgan fingerprint density at radius 2 is 1.04 bits per heavy atom. The van der Waals surface area contributed by atoms with Gasteiger partial charge in [-0.2, -0.15) is 0 Å². The highest BCUT2D eigenvalue weighted by atomic mass is 14.7. The Labute approximate surface area is 297 Å². The van der Waals surface area contributed by atoms with Gasteiger partial charge in [-0.3, -0.25) is 9.98 Å². The van der Waals surface area contributed by atoms with Crippen molar-refractivity contribution in [3.05, 3.63) is 187 Å². The number of rotatable bonds is 6. The average Bonchev–Trinajstić information content (AvgIpc) is 3.19. The first-order chi connectivity index (χ1) is 25.1. The minimum absolute atomic E-state index is 0.787. The molecule has 0 unspecified atom stereocenters. The van der Waals surface area contributed by atoms with E-state index < -0.39 is 0 Å². The van der Waals surface area contributed by atoms with Gasteiger partial charge in [0.05, 0.1) is 11.2 Å². The first-order valence-corrected chi connectivity index (χ1v) is 17.3. The van der Waals surface area contributed by atoms with Gasteiger partial charge in [0.1, 0.15) is 0 Å². The third-order valence-corrected chi connectivity index (χ3v) is 10.1. The van der Waals surface area contributed by atoms with Gasteiger partial charge in [-0.15, -0.1) is 0 Å². The van der Waals surface area contributed by atoms with E-state index in [1.54, 1.807) is 0 Å². The highest BCUT2D eigenvalue weighted by molar-refractivity contribution is 6.22. The van der Waals surface area contributed by atoms with E-state index in [4.69, 9.17) is 0 Å². The second-order valence-corrected chi connectivity index (χ2v) is 13.2. The Kier molecular flexibility index (Phi) is 7.56. The van der Waals surface area contributed by atoms with E-state index in [1.165, 1.54) is 65.3 Å². The summed E-state index contributed by atoms with van der Waals surface area (Å²) in [6, 6.07) is 57.0. The summed E-state index contributed by atoms with van der Waals surface area (Å²) in [4.78, 5) is 9.04. The van der Waals surface area contributed by atoms with Crippen LogP contribution in [0.15, 0.2) is 181 Å². The zero-order chi connectivity index (χ0) is 34.3. The van der Waals surface area contributed by atoms with Crippen LogP contribution in [0.25, 0.3) is 87.5 Å². The standard InChI is InChI=1S/C49H34N2/c1-32(19-26-46(50-2)41-29-38-15-7-10-18-47(38)51-31-41)35-24-25-44-45(30-35)49(40-23-21-34-12-4-6-14-37(34)28-40)43-17-9-8-16-42(43)48(44)39-22-20-33-11-3-5-13-36(33)27-39/h3-31H,2H2,1H3/b32-19+,46-26-. The number of aromatic nitrogens is 1. The lowest BCUT2D eigenvalue weighted by Gasteiger charge is -2.19. The highest BCUT2D eigenvalue weighted by Crippen LogP contribution is 2.45. The molecule has 0 bridgehead atoms. The van der Waals surface area contributed by atoms with E-state index in [1.807, 2.05) is 30.5 Å². The summed E-state index contributed by atoms with van der Waals surface area (Å²) < 4.78 is 0. The van der Waals surface area contributed by atoms with Crippen LogP contribution in [0.5, 0.6) is 0 Å². The van der Waals surface area contributed by atoms with Crippen molar-refractivity contribution in [1.82, 2.24) is 4.98 Å². The molecule has 2 nitrogen and oxygen atoms in total. The zero-order valence-corrected chi connectivity index (χ0v) is 28.3. The van der Waals surface area contributed by atoms with Crippen LogP contribution in [0.2, 0.25) is 0 Å². The lowest BCUT2D eigenvalue weighted by Crippen LogP contribution is -1.92. The van der Waals surface area contributed by atoms with E-state index in [0.717, 1.165) is 33.3 Å². The highest BCUT2D eigenvalue weighted by Gasteiger charge is 2.18. The van der Waals surface area contributed by atoms with Gasteiger partial charge in [0.15, 0.2) is 0 Å². The van der Waals surface area contributed by atoms with Crippen LogP contribution in [0.4, 0.5) is 0 Å². The SMILES string of the molecule is C=N/C(=C\C=C(/C)c1ccc2c(-c3ccc4ccccc4c3)c3ccccc3c(-c3ccc4ccccc4c3)c2c1)c1cnc2ccccc2c1. The third kappa shape index (κ3) is 5.48. The quantitative estimate of drug-likeness (QED) is 0.0999. The summed E-state index contributed by atoms with van der Waals surface area (Å²) in [6.45, 7) is 6.05. The molecule has 0 spiro atoms. The Morgan fingerprint density at radius 1 is 0.490 bits per heavy atom. The number of nitrogens with zero attached hydrogens (tertiary/aromatic N) is 2. The number of para-hydroxylation sites is 1. The van der Waals surface area contributed by atoms with Crippen molar-refractivity contribution in [1.29, 1.82) is 0 Å². The monoisotopic (exact) mass is 650 g/mol. The summed E-state index contributed by atoms with van der Waals surface area (Å²) in [5.41, 5.74) is 9.91. The minimum atomic E-state index is 0.787. The molecule has 2 heteroatoms. The van der Waals surface area contributed by atoms with Crippen LogP contribution >= 0.6 is 0 Å². The molecule has 0 fully saturated rings. The first-order valence-electron chi connectivity index (χ1n) is 17.3. The van der Waals surface area contributed by atoms with E-state index in [0.29, 0.717) is 0 Å². The predicted molar refractivity (Wildman–Crippen MR) is 220 cm³/mol. The predicted octanol–water partition coefficient (Wildman–Crippen LogP) is 13.3. The van der Waals surface area contributed by atoms with Gasteiger partial charge in [0, 0.05) is 17.1 Å². The molecule has 0 saturated carbocycles. The van der Waals surface area contributed by atoms with E-state index in [2.05, 4.69) is 169 Å². The molecule has 9 rings (SSSR count). The number of allylic oxidation sites excluding steroid dienone is 3. The average molecular weight is 651 g/mol. The molecule has 0 aliphatic rings. The smallest absolute Gasteiger partial charge is 0.0710 e. The van der Waals surface area contributed by atoms with Crippen molar-refractivity contribution in [3.63, 3.8) is 0 Å². The second-order valence-electron chi connectivity index (χ2n) is 13.2. The van der Waals surface area contributed by atoms with E-state index >= 15 is 0 Å². The van der Waals surface area contributed by atoms with Gasteiger partial charge >= 0.3 is 0 Å². The summed E-state index contributed by atoms with van der Waals surface area (Å²) in [5, 5.41) is 11.0. The van der Waals surface area contributed by atoms with Crippen LogP contribution in [-0.2, 0) is 0 Å². The van der Waals surface area contributed by atoms with Crippen molar-refractivity contribution in [2.45, 2.75) is 6.92 Å². The fourth-order valence-corrected chi connectivity index (χ4v) is 7.49. The molecule has 0 radical (unpaired) electrons. The van der Waals surface area contributed by atoms with Gasteiger partial charge in [-0.05, 0) is 127 Å². The first kappa shape index (κ1) is 30.4. The summed E-state index contributed by atoms with van der Waals surface area (Å²) >= 11 is 0. The minimum Gasteiger partial charge on any atom is -0.264 e. The van der Waals surface area contributed by atoms with Crippen LogP contribution in [0, 0.1) is 0 Å². The molecule has 0 aliphatic carbocycles. The molecule has 0 saturated heterocycles. The molecule has 1 aromatic heterocycles. The molecule has 240 valence electrons. The van der Waals surface area contributed by atoms with Gasteiger partial charge in [-0.1, -0.05) is 133 Å².